The van der Waals surface area contributed by atoms with Gasteiger partial charge in [0.2, 0.25) is 5.91 Å². The van der Waals surface area contributed by atoms with Gasteiger partial charge in [0.1, 0.15) is 6.04 Å². The molecule has 1 aliphatic rings. The summed E-state index contributed by atoms with van der Waals surface area (Å²) in [7, 11) is 0. The molecule has 2 atom stereocenters. The van der Waals surface area contributed by atoms with Crippen LogP contribution < -0.4 is 10.6 Å². The largest absolute Gasteiger partial charge is 0.355 e. The third kappa shape index (κ3) is 4.34. The van der Waals surface area contributed by atoms with E-state index in [-0.39, 0.29) is 11.8 Å². The van der Waals surface area contributed by atoms with Crippen LogP contribution in [0.2, 0.25) is 0 Å². The van der Waals surface area contributed by atoms with E-state index in [0.29, 0.717) is 17.9 Å². The zero-order chi connectivity index (χ0) is 17.2. The lowest BCUT2D eigenvalue weighted by Gasteiger charge is -2.33. The predicted octanol–water partition coefficient (Wildman–Crippen LogP) is 3.15. The topological polar surface area (TPSA) is 58.2 Å². The van der Waals surface area contributed by atoms with Gasteiger partial charge in [-0.1, -0.05) is 20.8 Å². The van der Waals surface area contributed by atoms with Crippen LogP contribution >= 0.6 is 11.3 Å². The standard InChI is InChI=1S/C18H28N2O2S/c1-6-19-16(21)11(2)20-17(22)15-10-12-9-13(18(3,4)5)7-8-14(12)23-15/h10-11,13H,6-9H2,1-5H3,(H,19,21)(H,20,22)/t11-,13-/m0/s1. The number of fused-ring (bicyclic) bond motifs is 1. The molecule has 128 valence electrons. The molecular formula is C18H28N2O2S. The van der Waals surface area contributed by atoms with Crippen LogP contribution in [0.25, 0.3) is 0 Å². The molecule has 0 bridgehead atoms. The van der Waals surface area contributed by atoms with E-state index in [9.17, 15) is 9.59 Å². The summed E-state index contributed by atoms with van der Waals surface area (Å²) in [4.78, 5) is 26.2. The lowest BCUT2D eigenvalue weighted by Crippen LogP contribution is -2.44. The first kappa shape index (κ1) is 18.0. The summed E-state index contributed by atoms with van der Waals surface area (Å²) in [6, 6.07) is 1.52. The average molecular weight is 337 g/mol. The number of carbonyl (C=O) groups is 2. The van der Waals surface area contributed by atoms with E-state index in [0.717, 1.165) is 17.7 Å². The molecule has 2 rings (SSSR count). The second-order valence-electron chi connectivity index (χ2n) is 7.45. The van der Waals surface area contributed by atoms with Gasteiger partial charge < -0.3 is 10.6 Å². The molecule has 0 saturated carbocycles. The van der Waals surface area contributed by atoms with Crippen molar-refractivity contribution in [3.8, 4) is 0 Å². The fourth-order valence-electron chi connectivity index (χ4n) is 3.04. The van der Waals surface area contributed by atoms with Gasteiger partial charge in [0.25, 0.3) is 5.91 Å². The van der Waals surface area contributed by atoms with Crippen molar-refractivity contribution >= 4 is 23.2 Å². The van der Waals surface area contributed by atoms with E-state index in [4.69, 9.17) is 0 Å². The van der Waals surface area contributed by atoms with Crippen LogP contribution in [-0.2, 0) is 17.6 Å². The first-order valence-electron chi connectivity index (χ1n) is 8.42. The van der Waals surface area contributed by atoms with E-state index in [1.807, 2.05) is 13.0 Å². The third-order valence-electron chi connectivity index (χ3n) is 4.62. The minimum atomic E-state index is -0.510. The van der Waals surface area contributed by atoms with Crippen LogP contribution in [0.1, 0.15) is 61.2 Å². The molecule has 1 aromatic rings. The minimum Gasteiger partial charge on any atom is -0.355 e. The van der Waals surface area contributed by atoms with Gasteiger partial charge in [-0.15, -0.1) is 11.3 Å². The Kier molecular flexibility index (Phi) is 5.50. The fraction of sp³-hybridized carbons (Fsp3) is 0.667. The van der Waals surface area contributed by atoms with Crippen LogP contribution in [-0.4, -0.2) is 24.4 Å². The Balaban J connectivity index is 2.05. The van der Waals surface area contributed by atoms with Crippen LogP contribution in [0.15, 0.2) is 6.07 Å². The second kappa shape index (κ2) is 7.04. The maximum Gasteiger partial charge on any atom is 0.262 e. The fourth-order valence-corrected chi connectivity index (χ4v) is 4.15. The van der Waals surface area contributed by atoms with Crippen molar-refractivity contribution in [2.45, 2.75) is 59.9 Å². The highest BCUT2D eigenvalue weighted by atomic mass is 32.1. The molecule has 0 aliphatic heterocycles. The molecule has 1 aliphatic carbocycles. The predicted molar refractivity (Wildman–Crippen MR) is 94.9 cm³/mol. The summed E-state index contributed by atoms with van der Waals surface area (Å²) in [6.45, 7) is 11.0. The zero-order valence-electron chi connectivity index (χ0n) is 14.8. The van der Waals surface area contributed by atoms with Gasteiger partial charge in [0, 0.05) is 11.4 Å². The van der Waals surface area contributed by atoms with E-state index >= 15 is 0 Å². The lowest BCUT2D eigenvalue weighted by molar-refractivity contribution is -0.122. The number of hydrogen-bond donors (Lipinski definition) is 2. The maximum atomic E-state index is 12.4. The van der Waals surface area contributed by atoms with E-state index in [2.05, 4.69) is 31.4 Å². The molecule has 5 heteroatoms. The number of nitrogens with one attached hydrogen (secondary N) is 2. The number of carbonyl (C=O) groups excluding carboxylic acids is 2. The molecule has 2 amide bonds. The van der Waals surface area contributed by atoms with Crippen molar-refractivity contribution in [1.82, 2.24) is 10.6 Å². The molecule has 0 unspecified atom stereocenters. The van der Waals surface area contributed by atoms with Gasteiger partial charge >= 0.3 is 0 Å². The van der Waals surface area contributed by atoms with Gasteiger partial charge in [0.05, 0.1) is 4.88 Å². The highest BCUT2D eigenvalue weighted by Gasteiger charge is 2.30. The molecular weight excluding hydrogens is 308 g/mol. The number of amides is 2. The Morgan fingerprint density at radius 3 is 2.70 bits per heavy atom. The van der Waals surface area contributed by atoms with Crippen molar-refractivity contribution in [1.29, 1.82) is 0 Å². The van der Waals surface area contributed by atoms with Crippen LogP contribution in [0, 0.1) is 11.3 Å². The van der Waals surface area contributed by atoms with E-state index in [1.165, 1.54) is 16.9 Å². The number of aryl methyl sites for hydroxylation is 1. The van der Waals surface area contributed by atoms with E-state index in [1.54, 1.807) is 18.3 Å². The smallest absolute Gasteiger partial charge is 0.262 e. The van der Waals surface area contributed by atoms with E-state index < -0.39 is 6.04 Å². The second-order valence-corrected chi connectivity index (χ2v) is 8.59. The zero-order valence-corrected chi connectivity index (χ0v) is 15.6. The number of rotatable bonds is 4. The Morgan fingerprint density at radius 1 is 1.39 bits per heavy atom. The number of thiophene rings is 1. The van der Waals surface area contributed by atoms with Gasteiger partial charge in [-0.25, -0.2) is 0 Å². The molecule has 1 aromatic heterocycles. The maximum absolute atomic E-state index is 12.4. The molecule has 0 radical (unpaired) electrons. The van der Waals surface area contributed by atoms with Crippen LogP contribution in [0.3, 0.4) is 0 Å². The van der Waals surface area contributed by atoms with Gasteiger partial charge in [0.15, 0.2) is 0 Å². The SMILES string of the molecule is CCNC(=O)[C@H](C)NC(=O)c1cc2c(s1)CC[C@H](C(C)(C)C)C2. The first-order chi connectivity index (χ1) is 10.7. The molecule has 2 N–H and O–H groups in total. The minimum absolute atomic E-state index is 0.143. The summed E-state index contributed by atoms with van der Waals surface area (Å²) in [6.07, 6.45) is 3.29. The molecule has 0 fully saturated rings. The third-order valence-corrected chi connectivity index (χ3v) is 5.86. The number of hydrogen-bond acceptors (Lipinski definition) is 3. The molecule has 0 spiro atoms. The number of likely N-dealkylation sites (N-methyl/N-ethyl adjacent to an activating group) is 1. The lowest BCUT2D eigenvalue weighted by atomic mass is 9.72. The van der Waals surface area contributed by atoms with Gasteiger partial charge in [-0.2, -0.15) is 0 Å². The summed E-state index contributed by atoms with van der Waals surface area (Å²) >= 11 is 1.58. The van der Waals surface area contributed by atoms with Crippen LogP contribution in [0.4, 0.5) is 0 Å². The Bertz CT molecular complexity index is 586. The summed E-state index contributed by atoms with van der Waals surface area (Å²) < 4.78 is 0. The molecule has 0 saturated heterocycles. The molecule has 0 aromatic carbocycles. The molecule has 23 heavy (non-hydrogen) atoms. The summed E-state index contributed by atoms with van der Waals surface area (Å²) in [5.74, 6) is 0.375. The summed E-state index contributed by atoms with van der Waals surface area (Å²) in [5, 5.41) is 5.51. The Hall–Kier alpha value is -1.36. The van der Waals surface area contributed by atoms with Crippen molar-refractivity contribution in [2.24, 2.45) is 11.3 Å². The highest BCUT2D eigenvalue weighted by Crippen LogP contribution is 2.40. The van der Waals surface area contributed by atoms with Gasteiger partial charge in [-0.3, -0.25) is 9.59 Å². The van der Waals surface area contributed by atoms with Gasteiger partial charge in [-0.05, 0) is 56.1 Å². The van der Waals surface area contributed by atoms with Crippen LogP contribution in [0.5, 0.6) is 0 Å². The van der Waals surface area contributed by atoms with Crippen molar-refractivity contribution in [2.75, 3.05) is 6.54 Å². The normalized spacial score (nSPS) is 18.9. The summed E-state index contributed by atoms with van der Waals surface area (Å²) in [5.41, 5.74) is 1.62. The Morgan fingerprint density at radius 2 is 2.09 bits per heavy atom. The first-order valence-corrected chi connectivity index (χ1v) is 9.24. The molecule has 4 nitrogen and oxygen atoms in total. The van der Waals surface area contributed by atoms with Crippen molar-refractivity contribution in [3.63, 3.8) is 0 Å². The van der Waals surface area contributed by atoms with Crippen molar-refractivity contribution < 1.29 is 9.59 Å². The molecule has 1 heterocycles. The highest BCUT2D eigenvalue weighted by molar-refractivity contribution is 7.14. The van der Waals surface area contributed by atoms with Crippen molar-refractivity contribution in [3.05, 3.63) is 21.4 Å². The monoisotopic (exact) mass is 336 g/mol. The Labute approximate surface area is 143 Å². The average Bonchev–Trinajstić information content (AvgIpc) is 2.89. The quantitative estimate of drug-likeness (QED) is 0.887.